The van der Waals surface area contributed by atoms with Crippen LogP contribution in [0.1, 0.15) is 19.8 Å². The van der Waals surface area contributed by atoms with E-state index in [-0.39, 0.29) is 18.9 Å². The standard InChI is InChI=1S/C12H17NO5/c1-12(18)8(4-6(5-14)10(12)16)7-2-3-9(15)13-11(7)17/h2,6,8,10,14,16,18H,3-5H2,1H3,(H,13,15,17)/t6-,8+,10-,12+/m1/s1. The Morgan fingerprint density at radius 1 is 1.50 bits per heavy atom. The Labute approximate surface area is 104 Å². The fraction of sp³-hybridized carbons (Fsp3) is 0.667. The van der Waals surface area contributed by atoms with E-state index in [2.05, 4.69) is 5.32 Å². The molecule has 6 nitrogen and oxygen atoms in total. The molecule has 100 valence electrons. The Morgan fingerprint density at radius 2 is 2.17 bits per heavy atom. The molecular formula is C12H17NO5. The van der Waals surface area contributed by atoms with Crippen LogP contribution in [0, 0.1) is 11.8 Å². The minimum Gasteiger partial charge on any atom is -0.396 e. The van der Waals surface area contributed by atoms with Crippen LogP contribution in [0.3, 0.4) is 0 Å². The number of rotatable bonds is 2. The number of aliphatic hydroxyl groups is 3. The summed E-state index contributed by atoms with van der Waals surface area (Å²) in [6, 6.07) is 0. The third-order valence-corrected chi connectivity index (χ3v) is 3.92. The summed E-state index contributed by atoms with van der Waals surface area (Å²) in [4.78, 5) is 22.8. The van der Waals surface area contributed by atoms with Crippen molar-refractivity contribution in [3.05, 3.63) is 11.6 Å². The molecule has 2 rings (SSSR count). The molecule has 18 heavy (non-hydrogen) atoms. The first-order valence-electron chi connectivity index (χ1n) is 5.93. The van der Waals surface area contributed by atoms with Crippen molar-refractivity contribution in [1.29, 1.82) is 0 Å². The summed E-state index contributed by atoms with van der Waals surface area (Å²) < 4.78 is 0. The van der Waals surface area contributed by atoms with E-state index < -0.39 is 29.4 Å². The van der Waals surface area contributed by atoms with Gasteiger partial charge in [-0.1, -0.05) is 6.08 Å². The highest BCUT2D eigenvalue weighted by molar-refractivity contribution is 6.07. The second kappa shape index (κ2) is 4.46. The molecule has 1 aliphatic heterocycles. The van der Waals surface area contributed by atoms with Gasteiger partial charge in [0.05, 0.1) is 11.7 Å². The SMILES string of the molecule is C[C@@]1(O)[C@H](O)[C@@H](CO)C[C@H]1C1=CCC(=O)NC1=O. The van der Waals surface area contributed by atoms with Crippen LogP contribution in [-0.2, 0) is 9.59 Å². The summed E-state index contributed by atoms with van der Waals surface area (Å²) in [6.45, 7) is 1.20. The molecule has 2 amide bonds. The van der Waals surface area contributed by atoms with Crippen molar-refractivity contribution < 1.29 is 24.9 Å². The molecule has 1 aliphatic carbocycles. The van der Waals surface area contributed by atoms with Crippen molar-refractivity contribution in [1.82, 2.24) is 5.32 Å². The molecule has 0 spiro atoms. The van der Waals surface area contributed by atoms with Crippen LogP contribution in [0.4, 0.5) is 0 Å². The highest BCUT2D eigenvalue weighted by Crippen LogP contribution is 2.44. The molecular weight excluding hydrogens is 238 g/mol. The van der Waals surface area contributed by atoms with Gasteiger partial charge in [-0.2, -0.15) is 0 Å². The molecule has 6 heteroatoms. The molecule has 0 radical (unpaired) electrons. The molecule has 4 N–H and O–H groups in total. The van der Waals surface area contributed by atoms with Gasteiger partial charge >= 0.3 is 0 Å². The molecule has 0 aromatic rings. The Hall–Kier alpha value is -1.24. The second-order valence-electron chi connectivity index (χ2n) is 5.14. The Bertz CT molecular complexity index is 415. The minimum atomic E-state index is -1.48. The Morgan fingerprint density at radius 3 is 2.67 bits per heavy atom. The van der Waals surface area contributed by atoms with Gasteiger partial charge in [0, 0.05) is 30.4 Å². The van der Waals surface area contributed by atoms with Crippen LogP contribution < -0.4 is 5.32 Å². The number of imide groups is 1. The summed E-state index contributed by atoms with van der Waals surface area (Å²) in [5.41, 5.74) is -1.16. The summed E-state index contributed by atoms with van der Waals surface area (Å²) in [5, 5.41) is 31.6. The van der Waals surface area contributed by atoms with Crippen LogP contribution in [0.5, 0.6) is 0 Å². The van der Waals surface area contributed by atoms with E-state index in [9.17, 15) is 19.8 Å². The average molecular weight is 255 g/mol. The van der Waals surface area contributed by atoms with Gasteiger partial charge in [-0.05, 0) is 13.3 Å². The lowest BCUT2D eigenvalue weighted by atomic mass is 9.83. The molecule has 1 saturated carbocycles. The molecule has 0 aromatic heterocycles. The van der Waals surface area contributed by atoms with E-state index in [1.54, 1.807) is 0 Å². The third kappa shape index (κ3) is 1.96. The molecule has 0 unspecified atom stereocenters. The van der Waals surface area contributed by atoms with Crippen LogP contribution >= 0.6 is 0 Å². The van der Waals surface area contributed by atoms with Crippen LogP contribution in [0.25, 0.3) is 0 Å². The maximum absolute atomic E-state index is 11.7. The van der Waals surface area contributed by atoms with Gasteiger partial charge in [0.1, 0.15) is 0 Å². The summed E-state index contributed by atoms with van der Waals surface area (Å²) in [6.07, 6.45) is 0.817. The maximum Gasteiger partial charge on any atom is 0.253 e. The lowest BCUT2D eigenvalue weighted by Crippen LogP contribution is -2.46. The summed E-state index contributed by atoms with van der Waals surface area (Å²) >= 11 is 0. The van der Waals surface area contributed by atoms with Gasteiger partial charge in [0.25, 0.3) is 5.91 Å². The van der Waals surface area contributed by atoms with E-state index in [0.717, 1.165) is 0 Å². The van der Waals surface area contributed by atoms with Crippen molar-refractivity contribution >= 4 is 11.8 Å². The first-order valence-corrected chi connectivity index (χ1v) is 5.93. The largest absolute Gasteiger partial charge is 0.396 e. The Kier molecular flexibility index (Phi) is 3.27. The zero-order valence-corrected chi connectivity index (χ0v) is 10.1. The summed E-state index contributed by atoms with van der Waals surface area (Å²) in [7, 11) is 0. The van der Waals surface area contributed by atoms with Crippen molar-refractivity contribution in [2.75, 3.05) is 6.61 Å². The van der Waals surface area contributed by atoms with Crippen molar-refractivity contribution in [2.24, 2.45) is 11.8 Å². The van der Waals surface area contributed by atoms with Crippen molar-refractivity contribution in [3.63, 3.8) is 0 Å². The van der Waals surface area contributed by atoms with Gasteiger partial charge in [-0.15, -0.1) is 0 Å². The molecule has 1 heterocycles. The van der Waals surface area contributed by atoms with E-state index in [4.69, 9.17) is 5.11 Å². The highest BCUT2D eigenvalue weighted by atomic mass is 16.3. The van der Waals surface area contributed by atoms with Crippen molar-refractivity contribution in [2.45, 2.75) is 31.5 Å². The first kappa shape index (κ1) is 13.2. The first-order chi connectivity index (χ1) is 8.37. The van der Waals surface area contributed by atoms with E-state index >= 15 is 0 Å². The smallest absolute Gasteiger partial charge is 0.253 e. The molecule has 0 saturated heterocycles. The number of amides is 2. The van der Waals surface area contributed by atoms with E-state index in [1.807, 2.05) is 0 Å². The normalized spacial score (nSPS) is 40.7. The number of aliphatic hydroxyl groups excluding tert-OH is 2. The molecule has 1 fully saturated rings. The topological polar surface area (TPSA) is 107 Å². The van der Waals surface area contributed by atoms with Crippen LogP contribution in [0.15, 0.2) is 11.6 Å². The summed E-state index contributed by atoms with van der Waals surface area (Å²) in [5.74, 6) is -1.93. The lowest BCUT2D eigenvalue weighted by molar-refractivity contribution is -0.130. The fourth-order valence-electron chi connectivity index (χ4n) is 2.82. The monoisotopic (exact) mass is 255 g/mol. The number of carbonyl (C=O) groups excluding carboxylic acids is 2. The van der Waals surface area contributed by atoms with Crippen LogP contribution in [0.2, 0.25) is 0 Å². The predicted molar refractivity (Wildman–Crippen MR) is 61.2 cm³/mol. The molecule has 4 atom stereocenters. The Balaban J connectivity index is 2.29. The predicted octanol–water partition coefficient (Wildman–Crippen LogP) is -1.30. The molecule has 2 aliphatic rings. The maximum atomic E-state index is 11.7. The fourth-order valence-corrected chi connectivity index (χ4v) is 2.82. The van der Waals surface area contributed by atoms with Gasteiger partial charge in [-0.3, -0.25) is 14.9 Å². The van der Waals surface area contributed by atoms with E-state index in [1.165, 1.54) is 13.0 Å². The van der Waals surface area contributed by atoms with Gasteiger partial charge < -0.3 is 15.3 Å². The number of nitrogens with one attached hydrogen (secondary N) is 1. The minimum absolute atomic E-state index is 0.0908. The van der Waals surface area contributed by atoms with Gasteiger partial charge in [0.2, 0.25) is 5.91 Å². The number of hydrogen-bond donors (Lipinski definition) is 4. The zero-order chi connectivity index (χ0) is 13.5. The average Bonchev–Trinajstić information content (AvgIpc) is 2.52. The van der Waals surface area contributed by atoms with Crippen LogP contribution in [-0.4, -0.2) is 45.4 Å². The highest BCUT2D eigenvalue weighted by Gasteiger charge is 2.52. The molecule has 0 aromatic carbocycles. The second-order valence-corrected chi connectivity index (χ2v) is 5.14. The van der Waals surface area contributed by atoms with Gasteiger partial charge in [0.15, 0.2) is 0 Å². The third-order valence-electron chi connectivity index (χ3n) is 3.92. The van der Waals surface area contributed by atoms with E-state index in [0.29, 0.717) is 12.0 Å². The lowest BCUT2D eigenvalue weighted by Gasteiger charge is -2.31. The number of hydrogen-bond acceptors (Lipinski definition) is 5. The van der Waals surface area contributed by atoms with Gasteiger partial charge in [-0.25, -0.2) is 0 Å². The van der Waals surface area contributed by atoms with Crippen molar-refractivity contribution in [3.8, 4) is 0 Å². The quantitative estimate of drug-likeness (QED) is 0.459. The number of carbonyl (C=O) groups is 2. The molecule has 0 bridgehead atoms. The zero-order valence-electron chi connectivity index (χ0n) is 10.1.